The van der Waals surface area contributed by atoms with Gasteiger partial charge < -0.3 is 28.4 Å². The fourth-order valence-corrected chi connectivity index (χ4v) is 9.47. The Morgan fingerprint density at radius 3 is 0.655 bits per heavy atom. The molecule has 0 aliphatic carbocycles. The molecule has 0 atom stereocenters. The van der Waals surface area contributed by atoms with Crippen LogP contribution in [0.5, 0.6) is 34.5 Å². The van der Waals surface area contributed by atoms with Gasteiger partial charge >= 0.3 is 0 Å². The van der Waals surface area contributed by atoms with E-state index in [1.807, 2.05) is 48.5 Å². The third-order valence-electron chi connectivity index (χ3n) is 14.0. The zero-order valence-electron chi connectivity index (χ0n) is 46.3. The molecule has 10 aromatic rings. The van der Waals surface area contributed by atoms with Crippen LogP contribution in [0.25, 0.3) is 11.1 Å². The Morgan fingerprint density at radius 2 is 0.440 bits per heavy atom. The van der Waals surface area contributed by atoms with Gasteiger partial charge in [0.15, 0.2) is 34.7 Å². The molecule has 0 aliphatic heterocycles. The molecule has 12 heteroatoms. The first-order valence-electron chi connectivity index (χ1n) is 26.7. The van der Waals surface area contributed by atoms with Gasteiger partial charge in [0.1, 0.15) is 47.7 Å². The Kier molecular flexibility index (Phi) is 17.2. The first-order valence-corrected chi connectivity index (χ1v) is 26.7. The first-order chi connectivity index (χ1) is 40.9. The molecule has 0 aliphatic rings. The highest BCUT2D eigenvalue weighted by molar-refractivity contribution is 6.19. The molecule has 0 radical (unpaired) electrons. The van der Waals surface area contributed by atoms with Gasteiger partial charge in [0, 0.05) is 66.8 Å². The minimum absolute atomic E-state index is 0.153. The van der Waals surface area contributed by atoms with E-state index in [1.54, 1.807) is 146 Å². The molecule has 0 saturated carbocycles. The molecule has 0 spiro atoms. The number of ether oxygens (including phenoxy) is 6. The number of rotatable bonds is 23. The van der Waals surface area contributed by atoms with Gasteiger partial charge in [-0.3, -0.25) is 28.8 Å². The lowest BCUT2D eigenvalue weighted by Gasteiger charge is -2.12. The largest absolute Gasteiger partial charge is 0.497 e. The SMILES string of the molecule is COc1cccc(C(=O)c2cc(C(=O)c3cccc(OC)c3)cc(C(=O)c3cccc(OCc4ccc(-c5ccc(COc6cccc(C(=O)c7cc(C(=O)c8cccc(OC)c8)cc(C(=O)c8cccc(OC)c8)c7)c6)cc5)cc4)c3)c2)c1. The molecule has 12 nitrogen and oxygen atoms in total. The van der Waals surface area contributed by atoms with E-state index in [4.69, 9.17) is 28.4 Å². The average molecular weight is 1110 g/mol. The van der Waals surface area contributed by atoms with Gasteiger partial charge in [-0.15, -0.1) is 0 Å². The molecule has 10 rings (SSSR count). The summed E-state index contributed by atoms with van der Waals surface area (Å²) < 4.78 is 33.8. The molecule has 414 valence electrons. The lowest BCUT2D eigenvalue weighted by molar-refractivity contribution is 0.101. The van der Waals surface area contributed by atoms with E-state index in [0.29, 0.717) is 67.9 Å². The average Bonchev–Trinajstić information content (AvgIpc) is 3.73. The molecule has 0 heterocycles. The molecule has 0 bridgehead atoms. The highest BCUT2D eigenvalue weighted by Gasteiger charge is 2.23. The predicted octanol–water partition coefficient (Wildman–Crippen LogP) is 13.9. The van der Waals surface area contributed by atoms with Crippen molar-refractivity contribution in [2.24, 2.45) is 0 Å². The summed E-state index contributed by atoms with van der Waals surface area (Å²) in [6.07, 6.45) is 0. The van der Waals surface area contributed by atoms with Crippen molar-refractivity contribution in [1.29, 1.82) is 0 Å². The number of carbonyl (C=O) groups is 6. The summed E-state index contributed by atoms with van der Waals surface area (Å²) >= 11 is 0. The zero-order valence-corrected chi connectivity index (χ0v) is 46.3. The van der Waals surface area contributed by atoms with E-state index >= 15 is 0 Å². The number of benzene rings is 10. The zero-order chi connectivity index (χ0) is 58.7. The minimum atomic E-state index is -0.403. The summed E-state index contributed by atoms with van der Waals surface area (Å²) in [5.41, 5.74) is 6.64. The molecule has 84 heavy (non-hydrogen) atoms. The maximum absolute atomic E-state index is 14.3. The maximum atomic E-state index is 14.3. The Balaban J connectivity index is 0.789. The van der Waals surface area contributed by atoms with Gasteiger partial charge in [0.25, 0.3) is 0 Å². The van der Waals surface area contributed by atoms with Crippen molar-refractivity contribution in [3.63, 3.8) is 0 Å². The molecule has 0 saturated heterocycles. The van der Waals surface area contributed by atoms with E-state index in [-0.39, 0.29) is 69.7 Å². The van der Waals surface area contributed by atoms with Gasteiger partial charge in [-0.2, -0.15) is 0 Å². The van der Waals surface area contributed by atoms with Crippen LogP contribution in [0.2, 0.25) is 0 Å². The number of ketones is 6. The van der Waals surface area contributed by atoms with Crippen LogP contribution in [-0.2, 0) is 13.2 Å². The Hall–Kier alpha value is -11.0. The Labute approximate surface area is 485 Å². The molecular weight excluding hydrogens is 1060 g/mol. The van der Waals surface area contributed by atoms with Gasteiger partial charge in [-0.1, -0.05) is 121 Å². The number of hydrogen-bond acceptors (Lipinski definition) is 12. The smallest absolute Gasteiger partial charge is 0.193 e. The van der Waals surface area contributed by atoms with Crippen molar-refractivity contribution < 1.29 is 57.2 Å². The second kappa shape index (κ2) is 25.6. The molecule has 0 unspecified atom stereocenters. The van der Waals surface area contributed by atoms with Crippen molar-refractivity contribution in [2.45, 2.75) is 13.2 Å². The van der Waals surface area contributed by atoms with E-state index in [2.05, 4.69) is 0 Å². The number of methoxy groups -OCH3 is 4. The third-order valence-corrected chi connectivity index (χ3v) is 14.0. The Morgan fingerprint density at radius 1 is 0.238 bits per heavy atom. The molecule has 0 aromatic heterocycles. The summed E-state index contributed by atoms with van der Waals surface area (Å²) in [5.74, 6) is 0.523. The van der Waals surface area contributed by atoms with E-state index in [0.717, 1.165) is 22.3 Å². The molecule has 0 N–H and O–H groups in total. The quantitative estimate of drug-likeness (QED) is 0.0559. The van der Waals surface area contributed by atoms with Crippen molar-refractivity contribution >= 4 is 34.7 Å². The van der Waals surface area contributed by atoms with E-state index in [1.165, 1.54) is 64.8 Å². The van der Waals surface area contributed by atoms with Crippen LogP contribution in [-0.4, -0.2) is 63.1 Å². The molecular formula is C72H54O12. The number of hydrogen-bond donors (Lipinski definition) is 0. The van der Waals surface area contributed by atoms with Crippen LogP contribution in [0.15, 0.2) is 231 Å². The van der Waals surface area contributed by atoms with Gasteiger partial charge in [-0.05, 0) is 131 Å². The predicted molar refractivity (Wildman–Crippen MR) is 319 cm³/mol. The van der Waals surface area contributed by atoms with E-state index < -0.39 is 11.6 Å². The topological polar surface area (TPSA) is 158 Å². The fourth-order valence-electron chi connectivity index (χ4n) is 9.47. The Bertz CT molecular complexity index is 3720. The van der Waals surface area contributed by atoms with Crippen LogP contribution in [0.4, 0.5) is 0 Å². The highest BCUT2D eigenvalue weighted by atomic mass is 16.5. The summed E-state index contributed by atoms with van der Waals surface area (Å²) in [6.45, 7) is 0.429. The summed E-state index contributed by atoms with van der Waals surface area (Å²) in [7, 11) is 6.03. The normalized spacial score (nSPS) is 10.8. The first kappa shape index (κ1) is 56.3. The van der Waals surface area contributed by atoms with E-state index in [9.17, 15) is 28.8 Å². The summed E-state index contributed by atoms with van der Waals surface area (Å²) in [6, 6.07) is 65.1. The monoisotopic (exact) mass is 1110 g/mol. The maximum Gasteiger partial charge on any atom is 0.193 e. The lowest BCUT2D eigenvalue weighted by Crippen LogP contribution is -2.11. The highest BCUT2D eigenvalue weighted by Crippen LogP contribution is 2.29. The summed E-state index contributed by atoms with van der Waals surface area (Å²) in [4.78, 5) is 84.2. The van der Waals surface area contributed by atoms with Crippen molar-refractivity contribution in [3.8, 4) is 45.6 Å². The van der Waals surface area contributed by atoms with Crippen molar-refractivity contribution in [1.82, 2.24) is 0 Å². The lowest BCUT2D eigenvalue weighted by atomic mass is 9.92. The fraction of sp³-hybridized carbons (Fsp3) is 0.0833. The van der Waals surface area contributed by atoms with Crippen LogP contribution in [0.1, 0.15) is 107 Å². The number of carbonyl (C=O) groups excluding carboxylic acids is 6. The van der Waals surface area contributed by atoms with Gasteiger partial charge in [0.05, 0.1) is 28.4 Å². The second-order valence-electron chi connectivity index (χ2n) is 19.5. The van der Waals surface area contributed by atoms with Gasteiger partial charge in [0.2, 0.25) is 0 Å². The minimum Gasteiger partial charge on any atom is -0.497 e. The van der Waals surface area contributed by atoms with Crippen LogP contribution >= 0.6 is 0 Å². The van der Waals surface area contributed by atoms with Crippen LogP contribution in [0.3, 0.4) is 0 Å². The van der Waals surface area contributed by atoms with Gasteiger partial charge in [-0.25, -0.2) is 0 Å². The third kappa shape index (κ3) is 13.1. The summed E-state index contributed by atoms with van der Waals surface area (Å²) in [5, 5.41) is 0. The second-order valence-corrected chi connectivity index (χ2v) is 19.5. The van der Waals surface area contributed by atoms with Crippen LogP contribution < -0.4 is 28.4 Å². The van der Waals surface area contributed by atoms with Crippen LogP contribution in [0, 0.1) is 0 Å². The standard InChI is InChI=1S/C72H54O12/c1-79-61-17-5-11-49(37-61)67(73)55-31-56(68(74)50-12-6-18-62(38-50)80-2)34-59(33-55)71(77)53-15-9-21-65(41-53)83-43-45-23-27-47(28-24-45)48-29-25-46(26-30-48)44-84-66-22-10-16-54(42-66)72(78)60-35-57(69(75)51-13-7-19-63(39-51)81-3)32-58(36-60)70(76)52-14-8-20-64(40-52)82-4/h5-42H,43-44H2,1-4H3. The molecule has 10 aromatic carbocycles. The van der Waals surface area contributed by atoms with Crippen molar-refractivity contribution in [2.75, 3.05) is 28.4 Å². The molecule has 0 amide bonds. The van der Waals surface area contributed by atoms with Crippen molar-refractivity contribution in [3.05, 3.63) is 308 Å². The molecule has 0 fully saturated rings.